The molecule has 0 atom stereocenters. The minimum Gasteiger partial charge on any atom is -0.379 e. The van der Waals surface area contributed by atoms with Gasteiger partial charge in [0.05, 0.1) is 24.8 Å². The first kappa shape index (κ1) is 21.8. The van der Waals surface area contributed by atoms with Crippen LogP contribution >= 0.6 is 11.3 Å². The molecular formula is C21H24N4O4S2. The highest BCUT2D eigenvalue weighted by Gasteiger charge is 2.33. The van der Waals surface area contributed by atoms with Crippen molar-refractivity contribution in [3.05, 3.63) is 46.2 Å². The molecule has 8 nitrogen and oxygen atoms in total. The minimum absolute atomic E-state index is 0.0950. The first-order valence-electron chi connectivity index (χ1n) is 10.2. The number of amides is 1. The van der Waals surface area contributed by atoms with Crippen LogP contribution in [0.1, 0.15) is 21.7 Å². The standard InChI is InChI=1S/C21H24N4O4S2/c22-16-17-2-4-18(5-3-17)23-7-1-8-24(10-9-23)21(26)20-19(6-15-30-20)31(27,28)25-11-13-29-14-12-25/h2-6,15H,1,7-14H2. The van der Waals surface area contributed by atoms with E-state index in [9.17, 15) is 13.2 Å². The van der Waals surface area contributed by atoms with Crippen LogP contribution in [0.4, 0.5) is 5.69 Å². The van der Waals surface area contributed by atoms with Crippen molar-refractivity contribution in [2.45, 2.75) is 11.3 Å². The average Bonchev–Trinajstić information content (AvgIpc) is 3.18. The number of anilines is 1. The lowest BCUT2D eigenvalue weighted by Crippen LogP contribution is -2.41. The van der Waals surface area contributed by atoms with Gasteiger partial charge in [-0.05, 0) is 42.1 Å². The molecule has 164 valence electrons. The molecular weight excluding hydrogens is 436 g/mol. The molecule has 2 saturated heterocycles. The summed E-state index contributed by atoms with van der Waals surface area (Å²) in [5.41, 5.74) is 1.63. The van der Waals surface area contributed by atoms with Crippen molar-refractivity contribution < 1.29 is 17.9 Å². The highest BCUT2D eigenvalue weighted by Crippen LogP contribution is 2.28. The van der Waals surface area contributed by atoms with Gasteiger partial charge >= 0.3 is 0 Å². The Balaban J connectivity index is 1.48. The number of carbonyl (C=O) groups excluding carboxylic acids is 1. The summed E-state index contributed by atoms with van der Waals surface area (Å²) in [5, 5.41) is 10.6. The fourth-order valence-corrected chi connectivity index (χ4v) is 6.62. The monoisotopic (exact) mass is 460 g/mol. The van der Waals surface area contributed by atoms with E-state index >= 15 is 0 Å². The molecule has 0 unspecified atom stereocenters. The molecule has 0 radical (unpaired) electrons. The largest absolute Gasteiger partial charge is 0.379 e. The van der Waals surface area contributed by atoms with Gasteiger partial charge in [0.25, 0.3) is 5.91 Å². The second-order valence-corrected chi connectivity index (χ2v) is 10.2. The maximum Gasteiger partial charge on any atom is 0.265 e. The first-order chi connectivity index (χ1) is 15.0. The van der Waals surface area contributed by atoms with Crippen molar-refractivity contribution in [2.75, 3.05) is 57.4 Å². The first-order valence-corrected chi connectivity index (χ1v) is 12.5. The molecule has 0 bridgehead atoms. The van der Waals surface area contributed by atoms with E-state index in [2.05, 4.69) is 11.0 Å². The number of morpholine rings is 1. The van der Waals surface area contributed by atoms with Crippen LogP contribution < -0.4 is 4.90 Å². The third kappa shape index (κ3) is 4.60. The van der Waals surface area contributed by atoms with Crippen LogP contribution in [0.15, 0.2) is 40.6 Å². The third-order valence-corrected chi connectivity index (χ3v) is 8.53. The van der Waals surface area contributed by atoms with Gasteiger partial charge in [-0.2, -0.15) is 9.57 Å². The predicted molar refractivity (Wildman–Crippen MR) is 118 cm³/mol. The van der Waals surface area contributed by atoms with Crippen LogP contribution in [-0.2, 0) is 14.8 Å². The number of sulfonamides is 1. The Labute approximate surface area is 186 Å². The summed E-state index contributed by atoms with van der Waals surface area (Å²) in [5.74, 6) is -0.233. The zero-order chi connectivity index (χ0) is 21.8. The number of nitrogens with zero attached hydrogens (tertiary/aromatic N) is 4. The van der Waals surface area contributed by atoms with Crippen LogP contribution in [0.25, 0.3) is 0 Å². The fourth-order valence-electron chi connectivity index (χ4n) is 3.85. The van der Waals surface area contributed by atoms with E-state index in [1.54, 1.807) is 22.4 Å². The SMILES string of the molecule is N#Cc1ccc(N2CCCN(C(=O)c3sccc3S(=O)(=O)N3CCOCC3)CC2)cc1. The second kappa shape index (κ2) is 9.36. The lowest BCUT2D eigenvalue weighted by molar-refractivity contribution is 0.0727. The van der Waals surface area contributed by atoms with Gasteiger partial charge in [0, 0.05) is 45.0 Å². The maximum absolute atomic E-state index is 13.3. The number of rotatable bonds is 4. The van der Waals surface area contributed by atoms with E-state index in [1.165, 1.54) is 21.7 Å². The molecule has 0 spiro atoms. The van der Waals surface area contributed by atoms with Crippen LogP contribution in [0, 0.1) is 11.3 Å². The molecule has 2 aromatic rings. The lowest BCUT2D eigenvalue weighted by atomic mass is 10.2. The number of carbonyl (C=O) groups is 1. The Morgan fingerprint density at radius 1 is 1.00 bits per heavy atom. The van der Waals surface area contributed by atoms with E-state index in [-0.39, 0.29) is 15.7 Å². The number of hydrogen-bond acceptors (Lipinski definition) is 7. The lowest BCUT2D eigenvalue weighted by Gasteiger charge is -2.27. The maximum atomic E-state index is 13.3. The predicted octanol–water partition coefficient (Wildman–Crippen LogP) is 1.99. The fraction of sp³-hybridized carbons (Fsp3) is 0.429. The van der Waals surface area contributed by atoms with Crippen LogP contribution in [0.5, 0.6) is 0 Å². The Bertz CT molecular complexity index is 1070. The van der Waals surface area contributed by atoms with Crippen molar-refractivity contribution in [2.24, 2.45) is 0 Å². The van der Waals surface area contributed by atoms with Gasteiger partial charge in [-0.1, -0.05) is 0 Å². The van der Waals surface area contributed by atoms with Gasteiger partial charge in [-0.3, -0.25) is 4.79 Å². The smallest absolute Gasteiger partial charge is 0.265 e. The van der Waals surface area contributed by atoms with E-state index in [0.717, 1.165) is 18.7 Å². The Hall–Kier alpha value is -2.45. The molecule has 2 aliphatic heterocycles. The van der Waals surface area contributed by atoms with Gasteiger partial charge in [0.1, 0.15) is 9.77 Å². The molecule has 0 saturated carbocycles. The molecule has 2 fully saturated rings. The normalized spacial score (nSPS) is 18.4. The molecule has 1 aromatic heterocycles. The summed E-state index contributed by atoms with van der Waals surface area (Å²) in [6.07, 6.45) is 0.780. The minimum atomic E-state index is -3.72. The Kier molecular flexibility index (Phi) is 6.57. The summed E-state index contributed by atoms with van der Waals surface area (Å²) < 4.78 is 32.8. The zero-order valence-corrected chi connectivity index (χ0v) is 18.7. The molecule has 4 rings (SSSR count). The summed E-state index contributed by atoms with van der Waals surface area (Å²) in [7, 11) is -3.72. The molecule has 2 aliphatic rings. The molecule has 31 heavy (non-hydrogen) atoms. The quantitative estimate of drug-likeness (QED) is 0.693. The molecule has 0 aliphatic carbocycles. The van der Waals surface area contributed by atoms with Crippen LogP contribution in [0.3, 0.4) is 0 Å². The van der Waals surface area contributed by atoms with E-state index < -0.39 is 10.0 Å². The van der Waals surface area contributed by atoms with Crippen molar-refractivity contribution in [1.29, 1.82) is 5.26 Å². The Morgan fingerprint density at radius 2 is 1.74 bits per heavy atom. The van der Waals surface area contributed by atoms with Gasteiger partial charge in [-0.25, -0.2) is 8.42 Å². The van der Waals surface area contributed by atoms with Gasteiger partial charge in [0.15, 0.2) is 0 Å². The molecule has 1 aromatic carbocycles. The summed E-state index contributed by atoms with van der Waals surface area (Å²) >= 11 is 1.18. The molecule has 10 heteroatoms. The Morgan fingerprint density at radius 3 is 2.45 bits per heavy atom. The highest BCUT2D eigenvalue weighted by atomic mass is 32.2. The van der Waals surface area contributed by atoms with E-state index in [4.69, 9.17) is 10.00 Å². The molecule has 0 N–H and O–H groups in total. The van der Waals surface area contributed by atoms with Crippen LogP contribution in [-0.4, -0.2) is 76.0 Å². The van der Waals surface area contributed by atoms with E-state index in [0.29, 0.717) is 51.5 Å². The van der Waals surface area contributed by atoms with Crippen LogP contribution in [0.2, 0.25) is 0 Å². The number of thiophene rings is 1. The topological polar surface area (TPSA) is 93.9 Å². The van der Waals surface area contributed by atoms with E-state index in [1.807, 2.05) is 12.1 Å². The average molecular weight is 461 g/mol. The van der Waals surface area contributed by atoms with Crippen molar-refractivity contribution >= 4 is 33.0 Å². The van der Waals surface area contributed by atoms with Gasteiger partial charge in [0.2, 0.25) is 10.0 Å². The summed E-state index contributed by atoms with van der Waals surface area (Å²) in [6, 6.07) is 11.1. The molecule has 3 heterocycles. The zero-order valence-electron chi connectivity index (χ0n) is 17.1. The highest BCUT2D eigenvalue weighted by molar-refractivity contribution is 7.89. The second-order valence-electron chi connectivity index (χ2n) is 7.42. The van der Waals surface area contributed by atoms with Crippen molar-refractivity contribution in [3.8, 4) is 6.07 Å². The summed E-state index contributed by atoms with van der Waals surface area (Å²) in [6.45, 7) is 3.85. The van der Waals surface area contributed by atoms with Crippen molar-refractivity contribution in [3.63, 3.8) is 0 Å². The molecule has 1 amide bonds. The van der Waals surface area contributed by atoms with Gasteiger partial charge < -0.3 is 14.5 Å². The third-order valence-electron chi connectivity index (χ3n) is 5.56. The number of benzene rings is 1. The number of ether oxygens (including phenoxy) is 1. The van der Waals surface area contributed by atoms with Gasteiger partial charge in [-0.15, -0.1) is 11.3 Å². The van der Waals surface area contributed by atoms with Crippen molar-refractivity contribution in [1.82, 2.24) is 9.21 Å². The summed E-state index contributed by atoms with van der Waals surface area (Å²) in [4.78, 5) is 17.6. The number of hydrogen-bond donors (Lipinski definition) is 0. The number of nitriles is 1.